The highest BCUT2D eigenvalue weighted by atomic mass is 19.1. The molecule has 2 fully saturated rings. The molecule has 2 N–H and O–H groups in total. The van der Waals surface area contributed by atoms with Gasteiger partial charge in [-0.05, 0) is 42.7 Å². The third-order valence-corrected chi connectivity index (χ3v) is 5.53. The van der Waals surface area contributed by atoms with Crippen molar-refractivity contribution in [2.75, 3.05) is 19.6 Å². The number of rotatable bonds is 4. The molecule has 0 spiro atoms. The van der Waals surface area contributed by atoms with Crippen LogP contribution in [0.5, 0.6) is 0 Å². The van der Waals surface area contributed by atoms with Crippen molar-refractivity contribution in [3.8, 4) is 0 Å². The molecular formula is C21H23FN4O2. The first-order valence-electron chi connectivity index (χ1n) is 9.61. The van der Waals surface area contributed by atoms with Gasteiger partial charge in [0.25, 0.3) is 0 Å². The molecule has 0 bridgehead atoms. The van der Waals surface area contributed by atoms with Crippen LogP contribution in [-0.4, -0.2) is 41.2 Å². The van der Waals surface area contributed by atoms with Crippen molar-refractivity contribution >= 4 is 11.7 Å². The second-order valence-corrected chi connectivity index (χ2v) is 7.37. The number of hydrazine groups is 1. The fraction of sp³-hybridized carbons (Fsp3) is 0.381. The number of carbonyl (C=O) groups excluding carboxylic acids is 2. The van der Waals surface area contributed by atoms with Crippen molar-refractivity contribution < 1.29 is 14.0 Å². The normalized spacial score (nSPS) is 24.9. The highest BCUT2D eigenvalue weighted by Crippen LogP contribution is 2.29. The van der Waals surface area contributed by atoms with Crippen LogP contribution >= 0.6 is 0 Å². The molecule has 2 aliphatic heterocycles. The van der Waals surface area contributed by atoms with Gasteiger partial charge in [-0.2, -0.15) is 0 Å². The second-order valence-electron chi connectivity index (χ2n) is 7.37. The van der Waals surface area contributed by atoms with Crippen molar-refractivity contribution in [2.45, 2.75) is 18.9 Å². The zero-order valence-corrected chi connectivity index (χ0v) is 15.5. The lowest BCUT2D eigenvalue weighted by Crippen LogP contribution is -2.46. The molecule has 2 aromatic rings. The summed E-state index contributed by atoms with van der Waals surface area (Å²) < 4.78 is 13.6. The third-order valence-electron chi connectivity index (χ3n) is 5.53. The molecule has 0 saturated carbocycles. The number of ketones is 1. The van der Waals surface area contributed by atoms with Crippen molar-refractivity contribution in [3.05, 3.63) is 65.7 Å². The largest absolute Gasteiger partial charge is 0.342 e. The highest BCUT2D eigenvalue weighted by molar-refractivity contribution is 5.96. The van der Waals surface area contributed by atoms with Gasteiger partial charge in [-0.1, -0.05) is 18.2 Å². The summed E-state index contributed by atoms with van der Waals surface area (Å²) in [4.78, 5) is 31.9. The molecule has 0 aliphatic carbocycles. The minimum absolute atomic E-state index is 0.00900. The number of aromatic nitrogens is 1. The van der Waals surface area contributed by atoms with E-state index in [0.717, 1.165) is 18.4 Å². The van der Waals surface area contributed by atoms with E-state index in [0.29, 0.717) is 25.3 Å². The van der Waals surface area contributed by atoms with Gasteiger partial charge in [-0.3, -0.25) is 20.0 Å². The van der Waals surface area contributed by atoms with Crippen LogP contribution in [0.15, 0.2) is 48.7 Å². The van der Waals surface area contributed by atoms with E-state index in [1.807, 2.05) is 6.07 Å². The summed E-state index contributed by atoms with van der Waals surface area (Å²) in [5, 5.41) is 0. The lowest BCUT2D eigenvalue weighted by atomic mass is 9.89. The minimum Gasteiger partial charge on any atom is -0.342 e. The summed E-state index contributed by atoms with van der Waals surface area (Å²) in [6.45, 7) is 1.51. The Hall–Kier alpha value is -2.64. The van der Waals surface area contributed by atoms with Crippen molar-refractivity contribution in [3.63, 3.8) is 0 Å². The SMILES string of the molecule is O=C(c1ccccn1)C1CCCN(C(=O)C2CNNC2c2cccc(F)c2)C1. The average Bonchev–Trinajstić information content (AvgIpc) is 3.23. The van der Waals surface area contributed by atoms with E-state index in [1.54, 1.807) is 35.4 Å². The summed E-state index contributed by atoms with van der Waals surface area (Å²) >= 11 is 0. The van der Waals surface area contributed by atoms with E-state index in [2.05, 4.69) is 15.8 Å². The third kappa shape index (κ3) is 3.81. The first-order chi connectivity index (χ1) is 13.6. The fourth-order valence-electron chi connectivity index (χ4n) is 4.09. The van der Waals surface area contributed by atoms with Crippen LogP contribution in [0.4, 0.5) is 4.39 Å². The number of likely N-dealkylation sites (tertiary alicyclic amines) is 1. The molecule has 2 aliphatic rings. The number of piperidine rings is 1. The number of amides is 1. The molecule has 4 rings (SSSR count). The summed E-state index contributed by atoms with van der Waals surface area (Å²) in [5.41, 5.74) is 7.30. The lowest BCUT2D eigenvalue weighted by Gasteiger charge is -2.34. The molecule has 1 amide bonds. The Morgan fingerprint density at radius 3 is 2.86 bits per heavy atom. The second kappa shape index (κ2) is 8.16. The van der Waals surface area contributed by atoms with Gasteiger partial charge in [0, 0.05) is 31.7 Å². The number of Topliss-reactive ketones (excluding diaryl/α,β-unsaturated/α-hetero) is 1. The minimum atomic E-state index is -0.342. The van der Waals surface area contributed by atoms with Gasteiger partial charge in [0.05, 0.1) is 12.0 Å². The molecule has 3 heterocycles. The number of carbonyl (C=O) groups is 2. The van der Waals surface area contributed by atoms with E-state index in [9.17, 15) is 14.0 Å². The van der Waals surface area contributed by atoms with Crippen LogP contribution in [0.3, 0.4) is 0 Å². The highest BCUT2D eigenvalue weighted by Gasteiger charge is 2.39. The van der Waals surface area contributed by atoms with Crippen LogP contribution in [-0.2, 0) is 4.79 Å². The Morgan fingerprint density at radius 2 is 2.07 bits per heavy atom. The van der Waals surface area contributed by atoms with Crippen molar-refractivity contribution in [2.24, 2.45) is 11.8 Å². The summed E-state index contributed by atoms with van der Waals surface area (Å²) in [6, 6.07) is 11.3. The first-order valence-corrected chi connectivity index (χ1v) is 9.61. The monoisotopic (exact) mass is 382 g/mol. The quantitative estimate of drug-likeness (QED) is 0.793. The van der Waals surface area contributed by atoms with Crippen molar-refractivity contribution in [1.29, 1.82) is 0 Å². The number of hydrogen-bond acceptors (Lipinski definition) is 5. The Labute approximate surface area is 163 Å². The lowest BCUT2D eigenvalue weighted by molar-refractivity contribution is -0.137. The summed E-state index contributed by atoms with van der Waals surface area (Å²) in [7, 11) is 0. The smallest absolute Gasteiger partial charge is 0.229 e. The van der Waals surface area contributed by atoms with Crippen LogP contribution in [0.25, 0.3) is 0 Å². The van der Waals surface area contributed by atoms with E-state index in [1.165, 1.54) is 12.1 Å². The van der Waals surface area contributed by atoms with Crippen LogP contribution < -0.4 is 10.9 Å². The number of nitrogens with one attached hydrogen (secondary N) is 2. The molecule has 2 saturated heterocycles. The maximum absolute atomic E-state index is 13.6. The predicted octanol–water partition coefficient (Wildman–Crippen LogP) is 2.11. The van der Waals surface area contributed by atoms with E-state index in [-0.39, 0.29) is 35.4 Å². The molecule has 28 heavy (non-hydrogen) atoms. The van der Waals surface area contributed by atoms with Gasteiger partial charge in [0.1, 0.15) is 11.5 Å². The molecule has 3 atom stereocenters. The topological polar surface area (TPSA) is 74.3 Å². The Kier molecular flexibility index (Phi) is 5.45. The fourth-order valence-corrected chi connectivity index (χ4v) is 4.09. The van der Waals surface area contributed by atoms with Gasteiger partial charge in [0.15, 0.2) is 5.78 Å². The zero-order valence-electron chi connectivity index (χ0n) is 15.5. The van der Waals surface area contributed by atoms with E-state index < -0.39 is 0 Å². The molecule has 3 unspecified atom stereocenters. The first kappa shape index (κ1) is 18.7. The Bertz CT molecular complexity index is 860. The average molecular weight is 382 g/mol. The Morgan fingerprint density at radius 1 is 1.18 bits per heavy atom. The predicted molar refractivity (Wildman–Crippen MR) is 102 cm³/mol. The van der Waals surface area contributed by atoms with Gasteiger partial charge >= 0.3 is 0 Å². The number of nitrogens with zero attached hydrogens (tertiary/aromatic N) is 2. The van der Waals surface area contributed by atoms with Crippen LogP contribution in [0.2, 0.25) is 0 Å². The van der Waals surface area contributed by atoms with Gasteiger partial charge < -0.3 is 4.90 Å². The molecule has 7 heteroatoms. The van der Waals surface area contributed by atoms with Gasteiger partial charge in [-0.15, -0.1) is 0 Å². The molecule has 146 valence electrons. The van der Waals surface area contributed by atoms with Gasteiger partial charge in [0.2, 0.25) is 5.91 Å². The number of halogens is 1. The van der Waals surface area contributed by atoms with Crippen LogP contribution in [0, 0.1) is 17.7 Å². The number of hydrogen-bond donors (Lipinski definition) is 2. The standard InChI is InChI=1S/C21H23FN4O2/c22-16-7-3-5-14(11-16)19-17(12-24-25-19)21(28)26-10-4-6-15(13-26)20(27)18-8-1-2-9-23-18/h1-3,5,7-9,11,15,17,19,24-25H,4,6,10,12-13H2. The molecule has 6 nitrogen and oxygen atoms in total. The Balaban J connectivity index is 1.47. The van der Waals surface area contributed by atoms with Crippen molar-refractivity contribution in [1.82, 2.24) is 20.7 Å². The molecular weight excluding hydrogens is 359 g/mol. The van der Waals surface area contributed by atoms with Gasteiger partial charge in [-0.25, -0.2) is 9.82 Å². The van der Waals surface area contributed by atoms with E-state index in [4.69, 9.17) is 0 Å². The molecule has 1 aromatic carbocycles. The molecule has 1 aromatic heterocycles. The van der Waals surface area contributed by atoms with E-state index >= 15 is 0 Å². The number of benzene rings is 1. The maximum Gasteiger partial charge on any atom is 0.229 e. The maximum atomic E-state index is 13.6. The molecule has 0 radical (unpaired) electrons. The number of pyridine rings is 1. The summed E-state index contributed by atoms with van der Waals surface area (Å²) in [6.07, 6.45) is 3.15. The zero-order chi connectivity index (χ0) is 19.5. The van der Waals surface area contributed by atoms with Crippen LogP contribution in [0.1, 0.15) is 34.9 Å². The summed E-state index contributed by atoms with van der Waals surface area (Å²) in [5.74, 6) is -0.919.